The third-order valence-electron chi connectivity index (χ3n) is 2.31. The number of aromatic hydroxyl groups is 2. The molecule has 0 atom stereocenters. The maximum absolute atomic E-state index is 11.6. The molecular weight excluding hydrogens is 252 g/mol. The number of esters is 1. The van der Waals surface area contributed by atoms with Crippen LogP contribution in [0.25, 0.3) is 0 Å². The number of benzene rings is 1. The molecule has 1 heterocycles. The minimum Gasteiger partial charge on any atom is -0.508 e. The predicted molar refractivity (Wildman–Crippen MR) is 63.9 cm³/mol. The van der Waals surface area contributed by atoms with Crippen LogP contribution in [-0.4, -0.2) is 16.2 Å². The first-order valence-corrected chi connectivity index (χ1v) is 5.33. The molecule has 0 fully saturated rings. The molecule has 2 N–H and O–H groups in total. The summed E-state index contributed by atoms with van der Waals surface area (Å²) >= 11 is 0. The zero-order valence-corrected chi connectivity index (χ0v) is 9.70. The summed E-state index contributed by atoms with van der Waals surface area (Å²) < 4.78 is 9.79. The first-order chi connectivity index (χ1) is 9.06. The van der Waals surface area contributed by atoms with Crippen molar-refractivity contribution >= 4 is 5.97 Å². The van der Waals surface area contributed by atoms with Gasteiger partial charge in [-0.3, -0.25) is 4.79 Å². The number of ether oxygens (including phenoxy) is 1. The van der Waals surface area contributed by atoms with Crippen LogP contribution in [0.5, 0.6) is 11.5 Å². The van der Waals surface area contributed by atoms with Crippen LogP contribution < -0.4 is 5.43 Å². The van der Waals surface area contributed by atoms with Gasteiger partial charge in [-0.05, 0) is 24.3 Å². The zero-order chi connectivity index (χ0) is 13.8. The average molecular weight is 262 g/mol. The number of hydrogen-bond donors (Lipinski definition) is 2. The summed E-state index contributed by atoms with van der Waals surface area (Å²) in [6, 6.07) is 6.57. The van der Waals surface area contributed by atoms with E-state index in [1.165, 1.54) is 24.3 Å². The highest BCUT2D eigenvalue weighted by atomic mass is 16.5. The first kappa shape index (κ1) is 12.7. The Morgan fingerprint density at radius 2 is 1.89 bits per heavy atom. The van der Waals surface area contributed by atoms with Crippen LogP contribution in [0.4, 0.5) is 0 Å². The third kappa shape index (κ3) is 3.12. The summed E-state index contributed by atoms with van der Waals surface area (Å²) in [7, 11) is 0. The molecule has 2 aromatic rings. The molecule has 0 aliphatic rings. The van der Waals surface area contributed by atoms with Crippen molar-refractivity contribution in [3.63, 3.8) is 0 Å². The molecule has 0 saturated heterocycles. The largest absolute Gasteiger partial charge is 0.508 e. The Bertz CT molecular complexity index is 641. The lowest BCUT2D eigenvalue weighted by atomic mass is 10.2. The molecule has 19 heavy (non-hydrogen) atoms. The molecule has 1 aromatic heterocycles. The van der Waals surface area contributed by atoms with E-state index in [1.54, 1.807) is 0 Å². The Kier molecular flexibility index (Phi) is 3.51. The van der Waals surface area contributed by atoms with Gasteiger partial charge in [0.05, 0.1) is 5.56 Å². The summed E-state index contributed by atoms with van der Waals surface area (Å²) in [6.07, 6.45) is 0.881. The van der Waals surface area contributed by atoms with E-state index in [-0.39, 0.29) is 23.7 Å². The van der Waals surface area contributed by atoms with Crippen molar-refractivity contribution in [3.8, 4) is 11.5 Å². The molecule has 98 valence electrons. The van der Waals surface area contributed by atoms with Gasteiger partial charge >= 0.3 is 5.97 Å². The fourth-order valence-corrected chi connectivity index (χ4v) is 1.34. The van der Waals surface area contributed by atoms with Crippen LogP contribution in [0.15, 0.2) is 45.8 Å². The monoisotopic (exact) mass is 262 g/mol. The minimum atomic E-state index is -0.615. The van der Waals surface area contributed by atoms with Crippen molar-refractivity contribution in [1.29, 1.82) is 0 Å². The molecular formula is C13H10O6. The fourth-order valence-electron chi connectivity index (χ4n) is 1.34. The number of hydrogen-bond acceptors (Lipinski definition) is 6. The molecule has 0 radical (unpaired) electrons. The van der Waals surface area contributed by atoms with Crippen LogP contribution in [0.3, 0.4) is 0 Å². The Morgan fingerprint density at radius 3 is 2.53 bits per heavy atom. The van der Waals surface area contributed by atoms with Gasteiger partial charge in [0.25, 0.3) is 0 Å². The third-order valence-corrected chi connectivity index (χ3v) is 2.31. The maximum Gasteiger partial charge on any atom is 0.338 e. The van der Waals surface area contributed by atoms with Gasteiger partial charge in [-0.1, -0.05) is 0 Å². The van der Waals surface area contributed by atoms with Crippen LogP contribution in [0.1, 0.15) is 16.1 Å². The zero-order valence-electron chi connectivity index (χ0n) is 9.70. The predicted octanol–water partition coefficient (Wildman–Crippen LogP) is 1.41. The van der Waals surface area contributed by atoms with E-state index in [0.29, 0.717) is 0 Å². The Morgan fingerprint density at radius 1 is 1.21 bits per heavy atom. The van der Waals surface area contributed by atoms with Crippen LogP contribution in [-0.2, 0) is 11.3 Å². The standard InChI is InChI=1S/C13H10O6/c14-9-3-1-8(2-4-9)13(17)19-6-10-5-11(15)12(16)7-18-10/h1-5,7,14,16H,6H2. The minimum absolute atomic E-state index is 0.0427. The van der Waals surface area contributed by atoms with E-state index in [0.717, 1.165) is 12.3 Å². The van der Waals surface area contributed by atoms with Crippen molar-refractivity contribution in [3.05, 3.63) is 58.1 Å². The number of phenolic OH excluding ortho intramolecular Hbond substituents is 1. The molecule has 1 aromatic carbocycles. The lowest BCUT2D eigenvalue weighted by Crippen LogP contribution is -2.07. The van der Waals surface area contributed by atoms with Crippen molar-refractivity contribution in [2.45, 2.75) is 6.61 Å². The second kappa shape index (κ2) is 5.26. The van der Waals surface area contributed by atoms with Crippen molar-refractivity contribution in [2.75, 3.05) is 0 Å². The van der Waals surface area contributed by atoms with E-state index >= 15 is 0 Å². The number of carbonyl (C=O) groups excluding carboxylic acids is 1. The molecule has 0 aliphatic carbocycles. The van der Waals surface area contributed by atoms with Gasteiger partial charge in [0.1, 0.15) is 24.4 Å². The molecule has 0 bridgehead atoms. The van der Waals surface area contributed by atoms with E-state index in [1.807, 2.05) is 0 Å². The first-order valence-electron chi connectivity index (χ1n) is 5.33. The van der Waals surface area contributed by atoms with Gasteiger partial charge in [-0.15, -0.1) is 0 Å². The number of rotatable bonds is 3. The van der Waals surface area contributed by atoms with E-state index in [2.05, 4.69) is 0 Å². The van der Waals surface area contributed by atoms with Crippen LogP contribution >= 0.6 is 0 Å². The van der Waals surface area contributed by atoms with Crippen molar-refractivity contribution in [1.82, 2.24) is 0 Å². The van der Waals surface area contributed by atoms with Gasteiger partial charge in [-0.25, -0.2) is 4.79 Å². The van der Waals surface area contributed by atoms with Crippen LogP contribution in [0, 0.1) is 0 Å². The SMILES string of the molecule is O=C(OCc1cc(=O)c(O)co1)c1ccc(O)cc1. The molecule has 0 unspecified atom stereocenters. The van der Waals surface area contributed by atoms with Gasteiger partial charge in [0.15, 0.2) is 5.75 Å². The summed E-state index contributed by atoms with van der Waals surface area (Å²) in [5, 5.41) is 18.1. The summed E-state index contributed by atoms with van der Waals surface area (Å²) in [6.45, 7) is -0.227. The molecule has 0 aliphatic heterocycles. The van der Waals surface area contributed by atoms with E-state index in [9.17, 15) is 9.59 Å². The fraction of sp³-hybridized carbons (Fsp3) is 0.0769. The molecule has 2 rings (SSSR count). The summed E-state index contributed by atoms with van der Waals surface area (Å²) in [4.78, 5) is 22.7. The highest BCUT2D eigenvalue weighted by molar-refractivity contribution is 5.89. The molecule has 0 saturated carbocycles. The van der Waals surface area contributed by atoms with E-state index in [4.69, 9.17) is 19.4 Å². The average Bonchev–Trinajstić information content (AvgIpc) is 2.40. The lowest BCUT2D eigenvalue weighted by molar-refractivity contribution is 0.0442. The van der Waals surface area contributed by atoms with Gasteiger partial charge in [-0.2, -0.15) is 0 Å². The topological polar surface area (TPSA) is 97.0 Å². The summed E-state index contributed by atoms with van der Waals surface area (Å²) in [5.41, 5.74) is -0.346. The maximum atomic E-state index is 11.6. The summed E-state index contributed by atoms with van der Waals surface area (Å²) in [5.74, 6) is -0.958. The second-order valence-electron chi connectivity index (χ2n) is 3.72. The van der Waals surface area contributed by atoms with Crippen molar-refractivity contribution < 1.29 is 24.2 Å². The number of phenols is 1. The Hall–Kier alpha value is -2.76. The van der Waals surface area contributed by atoms with Gasteiger partial charge in [0, 0.05) is 6.07 Å². The smallest absolute Gasteiger partial charge is 0.338 e. The lowest BCUT2D eigenvalue weighted by Gasteiger charge is -2.04. The molecule has 6 heteroatoms. The van der Waals surface area contributed by atoms with Crippen molar-refractivity contribution in [2.24, 2.45) is 0 Å². The highest BCUT2D eigenvalue weighted by Gasteiger charge is 2.09. The highest BCUT2D eigenvalue weighted by Crippen LogP contribution is 2.12. The Balaban J connectivity index is 2.02. The van der Waals surface area contributed by atoms with Gasteiger partial charge < -0.3 is 19.4 Å². The quantitative estimate of drug-likeness (QED) is 0.812. The number of carbonyl (C=O) groups is 1. The van der Waals surface area contributed by atoms with Gasteiger partial charge in [0.2, 0.25) is 5.43 Å². The van der Waals surface area contributed by atoms with E-state index < -0.39 is 17.1 Å². The molecule has 0 amide bonds. The van der Waals surface area contributed by atoms with Crippen LogP contribution in [0.2, 0.25) is 0 Å². The molecule has 6 nitrogen and oxygen atoms in total. The second-order valence-corrected chi connectivity index (χ2v) is 3.72. The normalized spacial score (nSPS) is 10.1. The Labute approximate surface area is 107 Å². The molecule has 0 spiro atoms.